The molecule has 1 N–H and O–H groups in total. The van der Waals surface area contributed by atoms with E-state index in [4.69, 9.17) is 14.9 Å². The van der Waals surface area contributed by atoms with Crippen molar-refractivity contribution in [3.05, 3.63) is 107 Å². The van der Waals surface area contributed by atoms with E-state index in [9.17, 15) is 9.65 Å². The number of benzene rings is 4. The van der Waals surface area contributed by atoms with Crippen molar-refractivity contribution >= 4 is 16.7 Å². The molecule has 0 saturated carbocycles. The third kappa shape index (κ3) is 3.46. The smallest absolute Gasteiger partial charge is 0.205 e. The highest BCUT2D eigenvalue weighted by atomic mass is 19.1. The number of ether oxygens (including phenoxy) is 2. The van der Waals surface area contributed by atoms with Gasteiger partial charge in [0.25, 0.3) is 0 Å². The highest BCUT2D eigenvalue weighted by Crippen LogP contribution is 2.45. The molecule has 0 aromatic heterocycles. The van der Waals surface area contributed by atoms with E-state index >= 15 is 0 Å². The minimum Gasteiger partial charge on any atom is -0.489 e. The predicted molar refractivity (Wildman–Crippen MR) is 120 cm³/mol. The first-order chi connectivity index (χ1) is 15.7. The summed E-state index contributed by atoms with van der Waals surface area (Å²) in [6.07, 6.45) is 0. The standard InChI is InChI=1S/C27H19FN2O2/c28-24-8-4-2-6-19(24)16-31-20-12-9-18(10-13-20)25-22-14-11-17-5-1-3-7-21(17)26(22)32-27(30)23(25)15-29/h1-14,23,25,30H,16H2. The lowest BCUT2D eigenvalue weighted by Crippen LogP contribution is -2.31. The molecule has 0 amide bonds. The molecular weight excluding hydrogens is 403 g/mol. The third-order valence-electron chi connectivity index (χ3n) is 5.80. The summed E-state index contributed by atoms with van der Waals surface area (Å²) < 4.78 is 25.4. The van der Waals surface area contributed by atoms with Gasteiger partial charge in [0.1, 0.15) is 29.8 Å². The van der Waals surface area contributed by atoms with Gasteiger partial charge >= 0.3 is 0 Å². The number of nitriles is 1. The molecule has 4 aromatic rings. The molecule has 0 spiro atoms. The van der Waals surface area contributed by atoms with Gasteiger partial charge < -0.3 is 9.47 Å². The lowest BCUT2D eigenvalue weighted by atomic mass is 9.78. The third-order valence-corrected chi connectivity index (χ3v) is 5.80. The maximum Gasteiger partial charge on any atom is 0.205 e. The summed E-state index contributed by atoms with van der Waals surface area (Å²) in [7, 11) is 0. The van der Waals surface area contributed by atoms with E-state index in [2.05, 4.69) is 6.07 Å². The molecule has 1 aliphatic rings. The second kappa shape index (κ2) is 8.16. The Morgan fingerprint density at radius 1 is 0.938 bits per heavy atom. The predicted octanol–water partition coefficient (Wildman–Crippen LogP) is 6.20. The van der Waals surface area contributed by atoms with Gasteiger partial charge in [0.05, 0.1) is 6.07 Å². The Balaban J connectivity index is 1.48. The number of nitrogens with one attached hydrogen (secondary N) is 1. The Bertz CT molecular complexity index is 1360. The molecular formula is C27H19FN2O2. The van der Waals surface area contributed by atoms with E-state index in [0.717, 1.165) is 21.9 Å². The van der Waals surface area contributed by atoms with Crippen LogP contribution >= 0.6 is 0 Å². The van der Waals surface area contributed by atoms with Gasteiger partial charge in [-0.25, -0.2) is 4.39 Å². The number of fused-ring (bicyclic) bond motifs is 3. The molecule has 32 heavy (non-hydrogen) atoms. The molecule has 156 valence electrons. The van der Waals surface area contributed by atoms with Gasteiger partial charge in [-0.05, 0) is 29.1 Å². The average Bonchev–Trinajstić information content (AvgIpc) is 2.83. The fourth-order valence-electron chi connectivity index (χ4n) is 4.18. The van der Waals surface area contributed by atoms with E-state index in [1.807, 2.05) is 60.7 Å². The van der Waals surface area contributed by atoms with Crippen molar-refractivity contribution in [2.24, 2.45) is 5.92 Å². The van der Waals surface area contributed by atoms with Gasteiger partial charge in [0, 0.05) is 22.4 Å². The highest BCUT2D eigenvalue weighted by molar-refractivity contribution is 5.95. The zero-order valence-corrected chi connectivity index (χ0v) is 17.1. The minimum atomic E-state index is -0.728. The van der Waals surface area contributed by atoms with Crippen LogP contribution in [-0.2, 0) is 6.61 Å². The summed E-state index contributed by atoms with van der Waals surface area (Å²) in [5, 5.41) is 20.1. The fraction of sp³-hybridized carbons (Fsp3) is 0.111. The monoisotopic (exact) mass is 422 g/mol. The molecule has 2 atom stereocenters. The first-order valence-corrected chi connectivity index (χ1v) is 10.3. The van der Waals surface area contributed by atoms with Crippen LogP contribution in [0.3, 0.4) is 0 Å². The summed E-state index contributed by atoms with van der Waals surface area (Å²) in [4.78, 5) is 0. The van der Waals surface area contributed by atoms with Crippen molar-refractivity contribution in [2.45, 2.75) is 12.5 Å². The summed E-state index contributed by atoms with van der Waals surface area (Å²) in [5.74, 6) is -0.182. The maximum absolute atomic E-state index is 13.8. The van der Waals surface area contributed by atoms with Gasteiger partial charge in [-0.3, -0.25) is 5.41 Å². The Morgan fingerprint density at radius 2 is 1.69 bits per heavy atom. The van der Waals surface area contributed by atoms with Crippen LogP contribution < -0.4 is 9.47 Å². The molecule has 0 radical (unpaired) electrons. The first-order valence-electron chi connectivity index (χ1n) is 10.3. The van der Waals surface area contributed by atoms with E-state index < -0.39 is 5.92 Å². The quantitative estimate of drug-likeness (QED) is 0.426. The van der Waals surface area contributed by atoms with Crippen LogP contribution in [0.4, 0.5) is 4.39 Å². The van der Waals surface area contributed by atoms with E-state index in [-0.39, 0.29) is 24.2 Å². The van der Waals surface area contributed by atoms with Crippen LogP contribution in [0.5, 0.6) is 11.5 Å². The molecule has 1 aliphatic heterocycles. The Morgan fingerprint density at radius 3 is 2.47 bits per heavy atom. The van der Waals surface area contributed by atoms with Crippen LogP contribution in [0.2, 0.25) is 0 Å². The van der Waals surface area contributed by atoms with Crippen LogP contribution in [0.15, 0.2) is 84.9 Å². The molecule has 5 rings (SSSR count). The molecule has 4 aromatic carbocycles. The van der Waals surface area contributed by atoms with E-state index in [1.165, 1.54) is 6.07 Å². The number of halogens is 1. The number of hydrogen-bond donors (Lipinski definition) is 1. The molecule has 0 bridgehead atoms. The molecule has 2 unspecified atom stereocenters. The molecule has 0 fully saturated rings. The largest absolute Gasteiger partial charge is 0.489 e. The summed E-state index contributed by atoms with van der Waals surface area (Å²) >= 11 is 0. The second-order valence-corrected chi connectivity index (χ2v) is 7.70. The van der Waals surface area contributed by atoms with Crippen LogP contribution in [0.1, 0.15) is 22.6 Å². The Kier molecular flexibility index (Phi) is 5.04. The van der Waals surface area contributed by atoms with Crippen molar-refractivity contribution in [1.29, 1.82) is 10.7 Å². The SMILES string of the molecule is N#CC1C(=N)Oc2c(ccc3ccccc23)C1c1ccc(OCc2ccccc2F)cc1. The zero-order chi connectivity index (χ0) is 22.1. The number of rotatable bonds is 4. The lowest BCUT2D eigenvalue weighted by Gasteiger charge is -2.31. The normalized spacial score (nSPS) is 17.3. The fourth-order valence-corrected chi connectivity index (χ4v) is 4.18. The van der Waals surface area contributed by atoms with Gasteiger partial charge in [0.15, 0.2) is 0 Å². The summed E-state index contributed by atoms with van der Waals surface area (Å²) in [6.45, 7) is 0.129. The summed E-state index contributed by atoms with van der Waals surface area (Å²) in [5.41, 5.74) is 2.26. The second-order valence-electron chi connectivity index (χ2n) is 7.70. The highest BCUT2D eigenvalue weighted by Gasteiger charge is 2.37. The maximum atomic E-state index is 13.8. The number of hydrogen-bond acceptors (Lipinski definition) is 4. The van der Waals surface area contributed by atoms with Gasteiger partial charge in [-0.15, -0.1) is 0 Å². The van der Waals surface area contributed by atoms with Crippen LogP contribution in [0.25, 0.3) is 10.8 Å². The van der Waals surface area contributed by atoms with Gasteiger partial charge in [0.2, 0.25) is 5.90 Å². The zero-order valence-electron chi connectivity index (χ0n) is 17.1. The first kappa shape index (κ1) is 19.8. The van der Waals surface area contributed by atoms with E-state index in [1.54, 1.807) is 18.2 Å². The Hall–Kier alpha value is -4.17. The Labute approximate surface area is 185 Å². The molecule has 0 aliphatic carbocycles. The molecule has 5 heteroatoms. The topological polar surface area (TPSA) is 66.1 Å². The molecule has 1 heterocycles. The van der Waals surface area contributed by atoms with Crippen molar-refractivity contribution in [2.75, 3.05) is 0 Å². The number of nitrogens with zero attached hydrogens (tertiary/aromatic N) is 1. The molecule has 4 nitrogen and oxygen atoms in total. The van der Waals surface area contributed by atoms with Gasteiger partial charge in [-0.1, -0.05) is 66.7 Å². The minimum absolute atomic E-state index is 0.0544. The van der Waals surface area contributed by atoms with Crippen LogP contribution in [0, 0.1) is 28.5 Å². The molecule has 0 saturated heterocycles. The van der Waals surface area contributed by atoms with Crippen molar-refractivity contribution in [3.8, 4) is 17.6 Å². The van der Waals surface area contributed by atoms with Crippen LogP contribution in [-0.4, -0.2) is 5.90 Å². The average molecular weight is 422 g/mol. The van der Waals surface area contributed by atoms with E-state index in [0.29, 0.717) is 17.1 Å². The summed E-state index contributed by atoms with van der Waals surface area (Å²) in [6, 6.07) is 28.0. The van der Waals surface area contributed by atoms with Crippen molar-refractivity contribution < 1.29 is 13.9 Å². The van der Waals surface area contributed by atoms with Gasteiger partial charge in [-0.2, -0.15) is 5.26 Å². The lowest BCUT2D eigenvalue weighted by molar-refractivity contribution is 0.299. The van der Waals surface area contributed by atoms with Crippen molar-refractivity contribution in [1.82, 2.24) is 0 Å². The van der Waals surface area contributed by atoms with Crippen molar-refractivity contribution in [3.63, 3.8) is 0 Å².